The molecule has 2 aromatic rings. The average molecular weight is 299 g/mol. The summed E-state index contributed by atoms with van der Waals surface area (Å²) >= 11 is 4.29. The van der Waals surface area contributed by atoms with E-state index in [-0.39, 0.29) is 18.2 Å². The number of thiol groups is 1. The molecule has 0 saturated carbocycles. The van der Waals surface area contributed by atoms with Crippen LogP contribution in [-0.4, -0.2) is 11.8 Å². The Bertz CT molecular complexity index is 667. The fraction of sp³-hybridized carbons (Fsp3) is 0.176. The molecule has 0 aromatic heterocycles. The molecule has 3 nitrogen and oxygen atoms in total. The lowest BCUT2D eigenvalue weighted by Crippen LogP contribution is -2.29. The van der Waals surface area contributed by atoms with Crippen LogP contribution < -0.4 is 5.32 Å². The molecule has 0 fully saturated rings. The van der Waals surface area contributed by atoms with Crippen molar-refractivity contribution in [2.75, 3.05) is 0 Å². The third-order valence-corrected chi connectivity index (χ3v) is 3.47. The fourth-order valence-electron chi connectivity index (χ4n) is 2.21. The van der Waals surface area contributed by atoms with Gasteiger partial charge in [-0.3, -0.25) is 14.9 Å². The maximum absolute atomic E-state index is 11.8. The molecule has 0 spiro atoms. The number of carbonyl (C=O) groups excluding carboxylic acids is 2. The first kappa shape index (κ1) is 15.3. The summed E-state index contributed by atoms with van der Waals surface area (Å²) in [7, 11) is 0. The minimum atomic E-state index is -0.338. The smallest absolute Gasteiger partial charge is 0.230 e. The summed E-state index contributed by atoms with van der Waals surface area (Å²) in [5.41, 5.74) is 4.07. The number of rotatable bonds is 4. The van der Waals surface area contributed by atoms with Gasteiger partial charge in [0.25, 0.3) is 0 Å². The van der Waals surface area contributed by atoms with Crippen molar-refractivity contribution in [3.63, 3.8) is 0 Å². The van der Waals surface area contributed by atoms with E-state index in [1.165, 1.54) is 6.92 Å². The van der Waals surface area contributed by atoms with Crippen LogP contribution in [0.4, 0.5) is 0 Å². The Morgan fingerprint density at radius 1 is 1.10 bits per heavy atom. The van der Waals surface area contributed by atoms with Crippen LogP contribution in [0.2, 0.25) is 0 Å². The predicted octanol–water partition coefficient (Wildman–Crippen LogP) is 2.99. The Hall–Kier alpha value is -2.07. The first-order valence-electron chi connectivity index (χ1n) is 6.68. The van der Waals surface area contributed by atoms with Crippen molar-refractivity contribution in [3.05, 3.63) is 59.7 Å². The zero-order chi connectivity index (χ0) is 15.2. The summed E-state index contributed by atoms with van der Waals surface area (Å²) in [5, 5.41) is 2.30. The van der Waals surface area contributed by atoms with Crippen LogP contribution in [0.5, 0.6) is 0 Å². The maximum atomic E-state index is 11.8. The van der Waals surface area contributed by atoms with Gasteiger partial charge in [0.2, 0.25) is 11.8 Å². The van der Waals surface area contributed by atoms with Gasteiger partial charge in [0.05, 0.1) is 6.42 Å². The molecular weight excluding hydrogens is 282 g/mol. The summed E-state index contributed by atoms with van der Waals surface area (Å²) in [6.07, 6.45) is 0.181. The summed E-state index contributed by atoms with van der Waals surface area (Å²) < 4.78 is 0. The van der Waals surface area contributed by atoms with Crippen LogP contribution in [-0.2, 0) is 21.8 Å². The Labute approximate surface area is 129 Å². The lowest BCUT2D eigenvalue weighted by Gasteiger charge is -2.10. The Kier molecular flexibility index (Phi) is 5.17. The van der Waals surface area contributed by atoms with E-state index in [1.807, 2.05) is 42.5 Å². The van der Waals surface area contributed by atoms with Gasteiger partial charge in [0, 0.05) is 12.7 Å². The molecule has 0 atom stereocenters. The van der Waals surface area contributed by atoms with Crippen molar-refractivity contribution >= 4 is 24.4 Å². The second-order valence-electron chi connectivity index (χ2n) is 4.80. The number of nitrogens with one attached hydrogen (secondary N) is 1. The largest absolute Gasteiger partial charge is 0.296 e. The topological polar surface area (TPSA) is 46.2 Å². The van der Waals surface area contributed by atoms with Gasteiger partial charge >= 0.3 is 0 Å². The molecular formula is C17H17NO2S. The minimum absolute atomic E-state index is 0.181. The highest BCUT2D eigenvalue weighted by molar-refractivity contribution is 7.79. The summed E-state index contributed by atoms with van der Waals surface area (Å²) in [5.74, 6) is 0.0377. The SMILES string of the molecule is CC(=O)NC(=O)Cc1ccccc1-c1cccc(CS)c1. The van der Waals surface area contributed by atoms with E-state index in [1.54, 1.807) is 0 Å². The zero-order valence-electron chi connectivity index (χ0n) is 11.8. The van der Waals surface area contributed by atoms with Gasteiger partial charge in [-0.1, -0.05) is 48.5 Å². The van der Waals surface area contributed by atoms with E-state index in [2.05, 4.69) is 24.0 Å². The van der Waals surface area contributed by atoms with Crippen molar-refractivity contribution in [3.8, 4) is 11.1 Å². The molecule has 4 heteroatoms. The van der Waals surface area contributed by atoms with E-state index in [4.69, 9.17) is 0 Å². The van der Waals surface area contributed by atoms with E-state index in [0.717, 1.165) is 22.3 Å². The third kappa shape index (κ3) is 4.20. The molecule has 0 bridgehead atoms. The first-order chi connectivity index (χ1) is 10.1. The van der Waals surface area contributed by atoms with E-state index >= 15 is 0 Å². The van der Waals surface area contributed by atoms with E-state index in [0.29, 0.717) is 5.75 Å². The van der Waals surface area contributed by atoms with Gasteiger partial charge in [0.15, 0.2) is 0 Å². The standard InChI is InChI=1S/C17H17NO2S/c1-12(19)18-17(20)10-15-6-2-3-8-16(15)14-7-4-5-13(9-14)11-21/h2-9,21H,10-11H2,1H3,(H,18,19,20). The van der Waals surface area contributed by atoms with Crippen molar-refractivity contribution < 1.29 is 9.59 Å². The van der Waals surface area contributed by atoms with Gasteiger partial charge in [-0.15, -0.1) is 0 Å². The second kappa shape index (κ2) is 7.09. The molecule has 2 aromatic carbocycles. The highest BCUT2D eigenvalue weighted by Gasteiger charge is 2.10. The molecule has 1 N–H and O–H groups in total. The molecule has 0 saturated heterocycles. The lowest BCUT2D eigenvalue weighted by molar-refractivity contribution is -0.128. The first-order valence-corrected chi connectivity index (χ1v) is 7.32. The Morgan fingerprint density at radius 3 is 2.57 bits per heavy atom. The number of carbonyl (C=O) groups is 2. The van der Waals surface area contributed by atoms with E-state index < -0.39 is 0 Å². The quantitative estimate of drug-likeness (QED) is 0.853. The molecule has 0 aliphatic rings. The van der Waals surface area contributed by atoms with Crippen LogP contribution in [0.3, 0.4) is 0 Å². The van der Waals surface area contributed by atoms with Crippen molar-refractivity contribution in [1.82, 2.24) is 5.32 Å². The third-order valence-electron chi connectivity index (χ3n) is 3.10. The number of hydrogen-bond acceptors (Lipinski definition) is 3. The molecule has 2 rings (SSSR count). The van der Waals surface area contributed by atoms with Gasteiger partial charge < -0.3 is 0 Å². The van der Waals surface area contributed by atoms with Gasteiger partial charge in [-0.05, 0) is 22.3 Å². The number of benzene rings is 2. The molecule has 0 heterocycles. The van der Waals surface area contributed by atoms with Crippen LogP contribution in [0.15, 0.2) is 48.5 Å². The van der Waals surface area contributed by atoms with Crippen LogP contribution in [0.1, 0.15) is 18.1 Å². The van der Waals surface area contributed by atoms with Gasteiger partial charge in [-0.25, -0.2) is 0 Å². The average Bonchev–Trinajstić information content (AvgIpc) is 2.47. The van der Waals surface area contributed by atoms with Crippen molar-refractivity contribution in [2.45, 2.75) is 19.1 Å². The minimum Gasteiger partial charge on any atom is -0.296 e. The molecule has 0 radical (unpaired) electrons. The molecule has 108 valence electrons. The highest BCUT2D eigenvalue weighted by atomic mass is 32.1. The monoisotopic (exact) mass is 299 g/mol. The molecule has 2 amide bonds. The molecule has 21 heavy (non-hydrogen) atoms. The predicted molar refractivity (Wildman–Crippen MR) is 87.1 cm³/mol. The molecule has 0 aliphatic heterocycles. The molecule has 0 aliphatic carbocycles. The molecule has 0 unspecified atom stereocenters. The number of imide groups is 1. The van der Waals surface area contributed by atoms with Crippen LogP contribution in [0, 0.1) is 0 Å². The number of amides is 2. The van der Waals surface area contributed by atoms with E-state index in [9.17, 15) is 9.59 Å². The second-order valence-corrected chi connectivity index (χ2v) is 5.11. The van der Waals surface area contributed by atoms with Crippen molar-refractivity contribution in [1.29, 1.82) is 0 Å². The summed E-state index contributed by atoms with van der Waals surface area (Å²) in [6, 6.07) is 15.8. The van der Waals surface area contributed by atoms with Gasteiger partial charge in [-0.2, -0.15) is 12.6 Å². The normalized spacial score (nSPS) is 10.2. The van der Waals surface area contributed by atoms with Crippen molar-refractivity contribution in [2.24, 2.45) is 0 Å². The lowest BCUT2D eigenvalue weighted by atomic mass is 9.96. The summed E-state index contributed by atoms with van der Waals surface area (Å²) in [6.45, 7) is 1.33. The van der Waals surface area contributed by atoms with Crippen LogP contribution >= 0.6 is 12.6 Å². The Balaban J connectivity index is 2.32. The maximum Gasteiger partial charge on any atom is 0.230 e. The van der Waals surface area contributed by atoms with Gasteiger partial charge in [0.1, 0.15) is 0 Å². The Morgan fingerprint density at radius 2 is 1.86 bits per heavy atom. The van der Waals surface area contributed by atoms with Crippen LogP contribution in [0.25, 0.3) is 11.1 Å². The summed E-state index contributed by atoms with van der Waals surface area (Å²) in [4.78, 5) is 22.7. The highest BCUT2D eigenvalue weighted by Crippen LogP contribution is 2.25. The zero-order valence-corrected chi connectivity index (χ0v) is 12.7. The fourth-order valence-corrected chi connectivity index (χ4v) is 2.40. The number of hydrogen-bond donors (Lipinski definition) is 2.